The van der Waals surface area contributed by atoms with Crippen LogP contribution in [0.5, 0.6) is 0 Å². The van der Waals surface area contributed by atoms with Gasteiger partial charge in [-0.2, -0.15) is 14.0 Å². The highest BCUT2D eigenvalue weighted by molar-refractivity contribution is 6.76. The highest BCUT2D eigenvalue weighted by Gasteiger charge is 2.35. The maximum absolute atomic E-state index is 10.1. The van der Waals surface area contributed by atoms with E-state index < -0.39 is 8.56 Å². The van der Waals surface area contributed by atoms with E-state index in [2.05, 4.69) is 14.0 Å². The van der Waals surface area contributed by atoms with Gasteiger partial charge in [0.1, 0.15) is 0 Å². The van der Waals surface area contributed by atoms with Crippen molar-refractivity contribution in [2.45, 2.75) is 18.9 Å². The molecule has 0 unspecified atom stereocenters. The first-order valence-electron chi connectivity index (χ1n) is 4.07. The summed E-state index contributed by atoms with van der Waals surface area (Å²) in [5.41, 5.74) is 0. The van der Waals surface area contributed by atoms with Crippen molar-refractivity contribution in [3.63, 3.8) is 0 Å². The summed E-state index contributed by atoms with van der Waals surface area (Å²) in [5, 5.41) is 0. The van der Waals surface area contributed by atoms with E-state index in [0.29, 0.717) is 18.7 Å². The lowest BCUT2D eigenvalue weighted by atomic mass is 10.4. The second kappa shape index (κ2) is 8.00. The number of unbranched alkanes of at least 4 members (excludes halogenated alkanes) is 1. The molecule has 0 aliphatic heterocycles. The first-order valence-corrected chi connectivity index (χ1v) is 6.66. The molecule has 0 heterocycles. The van der Waals surface area contributed by atoms with Crippen LogP contribution >= 0.6 is 11.6 Å². The Balaban J connectivity index is 4.85. The molecule has 0 saturated heterocycles. The van der Waals surface area contributed by atoms with E-state index in [1.54, 1.807) is 0 Å². The molecule has 0 aliphatic rings. The second-order valence-corrected chi connectivity index (χ2v) is 5.63. The number of isocyanates is 3. The van der Waals surface area contributed by atoms with Gasteiger partial charge in [0.25, 0.3) is 0 Å². The smallest absolute Gasteiger partial charge is 0.212 e. The number of hydrogen-bond acceptors (Lipinski definition) is 6. The fourth-order valence-electron chi connectivity index (χ4n) is 0.919. The summed E-state index contributed by atoms with van der Waals surface area (Å²) in [6, 6.07) is 0.249. The lowest BCUT2D eigenvalue weighted by Gasteiger charge is -2.09. The number of nitrogens with zero attached hydrogens (tertiary/aromatic N) is 3. The molecule has 0 aromatic carbocycles. The second-order valence-electron chi connectivity index (χ2n) is 2.53. The molecule has 0 amide bonds. The van der Waals surface area contributed by atoms with Gasteiger partial charge < -0.3 is 0 Å². The van der Waals surface area contributed by atoms with Gasteiger partial charge in [0.15, 0.2) is 0 Å². The molecule has 0 rings (SSSR count). The molecule has 0 saturated carbocycles. The van der Waals surface area contributed by atoms with Crippen molar-refractivity contribution in [3.05, 3.63) is 0 Å². The summed E-state index contributed by atoms with van der Waals surface area (Å²) < 4.78 is 10.0. The van der Waals surface area contributed by atoms with Crippen LogP contribution in [-0.2, 0) is 14.4 Å². The Morgan fingerprint density at radius 3 is 1.73 bits per heavy atom. The van der Waals surface area contributed by atoms with Crippen LogP contribution in [0.25, 0.3) is 0 Å². The number of carbonyl (C=O) groups excluding carboxylic acids is 3. The predicted molar refractivity (Wildman–Crippen MR) is 54.9 cm³/mol. The summed E-state index contributed by atoms with van der Waals surface area (Å²) in [7, 11) is -3.29. The van der Waals surface area contributed by atoms with E-state index in [4.69, 9.17) is 11.6 Å². The van der Waals surface area contributed by atoms with Crippen LogP contribution in [0.4, 0.5) is 0 Å². The summed E-state index contributed by atoms with van der Waals surface area (Å²) in [6.07, 6.45) is 5.02. The summed E-state index contributed by atoms with van der Waals surface area (Å²) in [4.78, 5) is 30.4. The summed E-state index contributed by atoms with van der Waals surface area (Å²) in [6.45, 7) is 0. The van der Waals surface area contributed by atoms with Crippen molar-refractivity contribution in [2.24, 2.45) is 14.0 Å². The van der Waals surface area contributed by atoms with E-state index in [9.17, 15) is 14.4 Å². The van der Waals surface area contributed by atoms with Gasteiger partial charge in [0.05, 0.1) is 0 Å². The van der Waals surface area contributed by atoms with Crippen LogP contribution in [0.15, 0.2) is 14.0 Å². The molecule has 0 spiro atoms. The average molecular weight is 246 g/mol. The van der Waals surface area contributed by atoms with Gasteiger partial charge >= 0.3 is 8.56 Å². The van der Waals surface area contributed by atoms with Gasteiger partial charge in [-0.25, -0.2) is 14.4 Å². The molecule has 0 atom stereocenters. The van der Waals surface area contributed by atoms with Crippen molar-refractivity contribution in [3.8, 4) is 0 Å². The quantitative estimate of drug-likeness (QED) is 0.220. The molecule has 8 heteroatoms. The normalized spacial score (nSPS) is 12.6. The van der Waals surface area contributed by atoms with Crippen molar-refractivity contribution >= 4 is 38.4 Å². The molecular weight excluding hydrogens is 238 g/mol. The van der Waals surface area contributed by atoms with E-state index in [1.807, 2.05) is 0 Å². The maximum atomic E-state index is 10.1. The van der Waals surface area contributed by atoms with Crippen LogP contribution in [0, 0.1) is 0 Å². The van der Waals surface area contributed by atoms with Gasteiger partial charge in [-0.1, -0.05) is 0 Å². The van der Waals surface area contributed by atoms with Gasteiger partial charge in [0, 0.05) is 11.9 Å². The molecule has 0 N–H and O–H groups in total. The van der Waals surface area contributed by atoms with Crippen LogP contribution in [-0.4, -0.2) is 32.7 Å². The number of alkyl halides is 1. The highest BCUT2D eigenvalue weighted by atomic mass is 35.5. The third kappa shape index (κ3) is 5.17. The molecule has 6 nitrogen and oxygen atoms in total. The Morgan fingerprint density at radius 1 is 0.933 bits per heavy atom. The lowest BCUT2D eigenvalue weighted by molar-refractivity contribution is 0.564. The van der Waals surface area contributed by atoms with Crippen LogP contribution in [0.3, 0.4) is 0 Å². The highest BCUT2D eigenvalue weighted by Crippen LogP contribution is 2.17. The van der Waals surface area contributed by atoms with Crippen molar-refractivity contribution in [1.82, 2.24) is 0 Å². The van der Waals surface area contributed by atoms with Crippen molar-refractivity contribution in [2.75, 3.05) is 5.88 Å². The van der Waals surface area contributed by atoms with Crippen molar-refractivity contribution in [1.29, 1.82) is 0 Å². The van der Waals surface area contributed by atoms with Crippen LogP contribution in [0.1, 0.15) is 12.8 Å². The molecule has 0 radical (unpaired) electrons. The standard InChI is InChI=1S/C7H8ClN3O3Si/c8-3-1-2-4-15(9-5-12,10-6-13)11-7-14/h1-4H2. The zero-order chi connectivity index (χ0) is 11.6. The van der Waals surface area contributed by atoms with Gasteiger partial charge in [-0.3, -0.25) is 0 Å². The zero-order valence-electron chi connectivity index (χ0n) is 7.77. The average Bonchev–Trinajstić information content (AvgIpc) is 2.19. The molecule has 0 aromatic heterocycles. The number of rotatable bonds is 7. The minimum atomic E-state index is -3.29. The van der Waals surface area contributed by atoms with Crippen LogP contribution < -0.4 is 0 Å². The number of hydrogen-bond donors (Lipinski definition) is 0. The molecule has 15 heavy (non-hydrogen) atoms. The monoisotopic (exact) mass is 245 g/mol. The Kier molecular flexibility index (Phi) is 7.28. The minimum absolute atomic E-state index is 0.249. The van der Waals surface area contributed by atoms with Crippen LogP contribution in [0.2, 0.25) is 6.04 Å². The predicted octanol–water partition coefficient (Wildman–Crippen LogP) is 0.952. The van der Waals surface area contributed by atoms with Gasteiger partial charge in [0.2, 0.25) is 18.2 Å². The lowest BCUT2D eigenvalue weighted by Crippen LogP contribution is -2.27. The van der Waals surface area contributed by atoms with E-state index in [0.717, 1.165) is 0 Å². The third-order valence-electron chi connectivity index (χ3n) is 1.57. The Morgan fingerprint density at radius 2 is 1.40 bits per heavy atom. The third-order valence-corrected chi connectivity index (χ3v) is 4.21. The molecule has 0 aromatic rings. The molecule has 0 aliphatic carbocycles. The first-order chi connectivity index (χ1) is 7.24. The summed E-state index contributed by atoms with van der Waals surface area (Å²) >= 11 is 5.45. The Hall–Kier alpha value is -1.35. The summed E-state index contributed by atoms with van der Waals surface area (Å²) in [5.74, 6) is 0.435. The fraction of sp³-hybridized carbons (Fsp3) is 0.571. The minimum Gasteiger partial charge on any atom is -0.212 e. The SMILES string of the molecule is O=C=N[Si](CCCCCl)(N=C=O)N=C=O. The molecular formula is C7H8ClN3O3Si. The fourth-order valence-corrected chi connectivity index (χ4v) is 2.76. The van der Waals surface area contributed by atoms with E-state index in [1.165, 1.54) is 18.2 Å². The van der Waals surface area contributed by atoms with Gasteiger partial charge in [-0.05, 0) is 12.8 Å². The molecule has 0 bridgehead atoms. The zero-order valence-corrected chi connectivity index (χ0v) is 9.53. The molecule has 0 fully saturated rings. The molecule has 80 valence electrons. The Bertz CT molecular complexity index is 298. The topological polar surface area (TPSA) is 88.3 Å². The van der Waals surface area contributed by atoms with E-state index >= 15 is 0 Å². The number of halogens is 1. The first kappa shape index (κ1) is 13.6. The largest absolute Gasteiger partial charge is 0.467 e. The van der Waals surface area contributed by atoms with E-state index in [-0.39, 0.29) is 6.04 Å². The van der Waals surface area contributed by atoms with Gasteiger partial charge in [-0.15, -0.1) is 11.6 Å². The Labute approximate surface area is 92.0 Å². The van der Waals surface area contributed by atoms with Crippen molar-refractivity contribution < 1.29 is 14.4 Å². The maximum Gasteiger partial charge on any atom is 0.467 e.